The Morgan fingerprint density at radius 1 is 1.39 bits per heavy atom. The highest BCUT2D eigenvalue weighted by atomic mass is 19.3. The van der Waals surface area contributed by atoms with Gasteiger partial charge in [0, 0.05) is 25.0 Å². The molecule has 0 N–H and O–H groups in total. The van der Waals surface area contributed by atoms with Gasteiger partial charge in [0.1, 0.15) is 18.9 Å². The molecular weight excluding hydrogens is 306 g/mol. The second-order valence-corrected chi connectivity index (χ2v) is 5.44. The molecule has 0 radical (unpaired) electrons. The highest BCUT2D eigenvalue weighted by Crippen LogP contribution is 2.32. The average Bonchev–Trinajstić information content (AvgIpc) is 3.13. The third-order valence-corrected chi connectivity index (χ3v) is 3.63. The van der Waals surface area contributed by atoms with Gasteiger partial charge in [-0.25, -0.2) is 8.78 Å². The summed E-state index contributed by atoms with van der Waals surface area (Å²) in [6, 6.07) is 4.39. The number of ether oxygens (including phenoxy) is 1. The minimum atomic E-state index is -2.90. The molecule has 0 saturated carbocycles. The van der Waals surface area contributed by atoms with Gasteiger partial charge in [0.25, 0.3) is 5.92 Å². The quantitative estimate of drug-likeness (QED) is 0.839. The molecule has 2 aromatic rings. The highest BCUT2D eigenvalue weighted by Gasteiger charge is 2.47. The lowest BCUT2D eigenvalue weighted by Crippen LogP contribution is -2.41. The van der Waals surface area contributed by atoms with Gasteiger partial charge in [0.05, 0.1) is 18.8 Å². The average molecular weight is 322 g/mol. The van der Waals surface area contributed by atoms with Crippen molar-refractivity contribution in [1.29, 1.82) is 0 Å². The Kier molecular flexibility index (Phi) is 4.22. The maximum Gasteiger partial charge on any atom is 0.267 e. The fourth-order valence-corrected chi connectivity index (χ4v) is 2.59. The monoisotopic (exact) mass is 322 g/mol. The molecule has 1 atom stereocenters. The normalized spacial score (nSPS) is 19.7. The zero-order chi connectivity index (χ0) is 16.3. The minimum Gasteiger partial charge on any atom is -0.490 e. The van der Waals surface area contributed by atoms with Gasteiger partial charge < -0.3 is 9.64 Å². The molecule has 0 aliphatic carbocycles. The van der Waals surface area contributed by atoms with Crippen LogP contribution in [0.15, 0.2) is 43.0 Å². The second-order valence-electron chi connectivity index (χ2n) is 5.44. The van der Waals surface area contributed by atoms with E-state index < -0.39 is 30.8 Å². The van der Waals surface area contributed by atoms with Crippen molar-refractivity contribution in [3.05, 3.63) is 43.0 Å². The number of aromatic nitrogens is 3. The summed E-state index contributed by atoms with van der Waals surface area (Å²) < 4.78 is 34.4. The maximum atomic E-state index is 13.7. The van der Waals surface area contributed by atoms with Crippen LogP contribution < -0.4 is 4.74 Å². The SMILES string of the molecule is O=C(Cn1cccn1)N1CC(F)(F)C[C@H]1COc1cccnc1. The van der Waals surface area contributed by atoms with E-state index >= 15 is 0 Å². The van der Waals surface area contributed by atoms with E-state index in [0.717, 1.165) is 0 Å². The van der Waals surface area contributed by atoms with E-state index in [-0.39, 0.29) is 13.2 Å². The number of carbonyl (C=O) groups excluding carboxylic acids is 1. The summed E-state index contributed by atoms with van der Waals surface area (Å²) in [6.45, 7) is -0.646. The van der Waals surface area contributed by atoms with Crippen molar-refractivity contribution in [3.63, 3.8) is 0 Å². The fourth-order valence-electron chi connectivity index (χ4n) is 2.59. The van der Waals surface area contributed by atoms with Crippen LogP contribution in [0.5, 0.6) is 5.75 Å². The molecule has 6 nitrogen and oxygen atoms in total. The van der Waals surface area contributed by atoms with Crippen LogP contribution >= 0.6 is 0 Å². The van der Waals surface area contributed by atoms with Crippen molar-refractivity contribution in [3.8, 4) is 5.75 Å². The van der Waals surface area contributed by atoms with Crippen LogP contribution in [-0.4, -0.2) is 50.7 Å². The predicted molar refractivity (Wildman–Crippen MR) is 77.0 cm³/mol. The van der Waals surface area contributed by atoms with E-state index in [2.05, 4.69) is 10.1 Å². The van der Waals surface area contributed by atoms with Gasteiger partial charge in [-0.15, -0.1) is 0 Å². The number of alkyl halides is 2. The molecule has 1 aliphatic rings. The number of carbonyl (C=O) groups is 1. The van der Waals surface area contributed by atoms with Gasteiger partial charge in [-0.2, -0.15) is 5.10 Å². The maximum absolute atomic E-state index is 13.7. The number of hydrogen-bond acceptors (Lipinski definition) is 4. The third-order valence-electron chi connectivity index (χ3n) is 3.63. The second kappa shape index (κ2) is 6.31. The van der Waals surface area contributed by atoms with Crippen molar-refractivity contribution >= 4 is 5.91 Å². The van der Waals surface area contributed by atoms with Gasteiger partial charge in [0.15, 0.2) is 0 Å². The summed E-state index contributed by atoms with van der Waals surface area (Å²) in [6.07, 6.45) is 5.85. The molecule has 23 heavy (non-hydrogen) atoms. The number of halogens is 2. The van der Waals surface area contributed by atoms with Crippen LogP contribution in [0, 0.1) is 0 Å². The van der Waals surface area contributed by atoms with Gasteiger partial charge >= 0.3 is 0 Å². The largest absolute Gasteiger partial charge is 0.490 e. The Balaban J connectivity index is 1.65. The van der Waals surface area contributed by atoms with Crippen LogP contribution in [0.4, 0.5) is 8.78 Å². The van der Waals surface area contributed by atoms with Crippen LogP contribution in [-0.2, 0) is 11.3 Å². The van der Waals surface area contributed by atoms with Crippen LogP contribution in [0.1, 0.15) is 6.42 Å². The first-order chi connectivity index (χ1) is 11.0. The van der Waals surface area contributed by atoms with Crippen LogP contribution in [0.2, 0.25) is 0 Å². The number of hydrogen-bond donors (Lipinski definition) is 0. The molecule has 0 aromatic carbocycles. The van der Waals surface area contributed by atoms with Gasteiger partial charge in [-0.3, -0.25) is 14.5 Å². The number of amides is 1. The van der Waals surface area contributed by atoms with Gasteiger partial charge in [-0.1, -0.05) is 0 Å². The molecule has 1 saturated heterocycles. The van der Waals surface area contributed by atoms with Crippen molar-refractivity contribution < 1.29 is 18.3 Å². The van der Waals surface area contributed by atoms with E-state index in [1.165, 1.54) is 22.0 Å². The summed E-state index contributed by atoms with van der Waals surface area (Å²) in [5, 5.41) is 3.92. The lowest BCUT2D eigenvalue weighted by molar-refractivity contribution is -0.134. The van der Waals surface area contributed by atoms with Crippen molar-refractivity contribution in [1.82, 2.24) is 19.7 Å². The molecular formula is C15H16F2N4O2. The van der Waals surface area contributed by atoms with Gasteiger partial charge in [0.2, 0.25) is 5.91 Å². The van der Waals surface area contributed by atoms with Gasteiger partial charge in [-0.05, 0) is 18.2 Å². The first kappa shape index (κ1) is 15.4. The van der Waals surface area contributed by atoms with E-state index in [1.54, 1.807) is 30.6 Å². The third kappa shape index (κ3) is 3.82. The van der Waals surface area contributed by atoms with Crippen LogP contribution in [0.3, 0.4) is 0 Å². The molecule has 8 heteroatoms. The van der Waals surface area contributed by atoms with E-state index in [1.807, 2.05) is 0 Å². The Morgan fingerprint density at radius 3 is 2.96 bits per heavy atom. The summed E-state index contributed by atoms with van der Waals surface area (Å²) in [5.74, 6) is -2.81. The molecule has 0 unspecified atom stereocenters. The summed E-state index contributed by atoms with van der Waals surface area (Å²) >= 11 is 0. The summed E-state index contributed by atoms with van der Waals surface area (Å²) in [5.41, 5.74) is 0. The Bertz CT molecular complexity index is 649. The molecule has 1 fully saturated rings. The minimum absolute atomic E-state index is 0.00608. The topological polar surface area (TPSA) is 60.2 Å². The molecule has 3 rings (SSSR count). The number of nitrogens with zero attached hydrogens (tertiary/aromatic N) is 4. The lowest BCUT2D eigenvalue weighted by Gasteiger charge is -2.24. The fraction of sp³-hybridized carbons (Fsp3) is 0.400. The van der Waals surface area contributed by atoms with Crippen molar-refractivity contribution in [2.75, 3.05) is 13.2 Å². The number of likely N-dealkylation sites (tertiary alicyclic amines) is 1. The molecule has 1 aliphatic heterocycles. The van der Waals surface area contributed by atoms with E-state index in [9.17, 15) is 13.6 Å². The smallest absolute Gasteiger partial charge is 0.267 e. The molecule has 0 spiro atoms. The molecule has 1 amide bonds. The highest BCUT2D eigenvalue weighted by molar-refractivity contribution is 5.76. The predicted octanol–water partition coefficient (Wildman–Crippen LogP) is 1.59. The Labute approximate surface area is 131 Å². The van der Waals surface area contributed by atoms with Crippen LogP contribution in [0.25, 0.3) is 0 Å². The van der Waals surface area contributed by atoms with Crippen molar-refractivity contribution in [2.24, 2.45) is 0 Å². The lowest BCUT2D eigenvalue weighted by atomic mass is 10.2. The van der Waals surface area contributed by atoms with E-state index in [4.69, 9.17) is 4.74 Å². The summed E-state index contributed by atoms with van der Waals surface area (Å²) in [4.78, 5) is 17.4. The first-order valence-electron chi connectivity index (χ1n) is 7.21. The zero-order valence-corrected chi connectivity index (χ0v) is 12.3. The standard InChI is InChI=1S/C15H16F2N4O2/c16-15(17)7-12(10-23-13-3-1-4-18-8-13)21(11-15)14(22)9-20-6-2-5-19-20/h1-6,8,12H,7,9-11H2/t12-/m0/s1. The molecule has 0 bridgehead atoms. The van der Waals surface area contributed by atoms with E-state index in [0.29, 0.717) is 5.75 Å². The Hall–Kier alpha value is -2.51. The molecule has 122 valence electrons. The molecule has 3 heterocycles. The van der Waals surface area contributed by atoms with Crippen molar-refractivity contribution in [2.45, 2.75) is 24.9 Å². The number of rotatable bonds is 5. The number of pyridine rings is 1. The first-order valence-corrected chi connectivity index (χ1v) is 7.21. The zero-order valence-electron chi connectivity index (χ0n) is 12.3. The molecule has 2 aromatic heterocycles. The summed E-state index contributed by atoms with van der Waals surface area (Å²) in [7, 11) is 0. The Morgan fingerprint density at radius 2 is 2.26 bits per heavy atom.